The maximum Gasteiger partial charge on any atom is 0.185 e. The molecular weight excluding hydrogens is 276 g/mol. The van der Waals surface area contributed by atoms with Gasteiger partial charge in [0.15, 0.2) is 5.13 Å². The molecule has 2 aromatic heterocycles. The lowest BCUT2D eigenvalue weighted by molar-refractivity contribution is 0.811. The Morgan fingerprint density at radius 2 is 2.32 bits per heavy atom. The van der Waals surface area contributed by atoms with Gasteiger partial charge >= 0.3 is 0 Å². The number of hydrogen-bond acceptors (Lipinski definition) is 6. The lowest BCUT2D eigenvalue weighted by atomic mass is 10.2. The number of nitrogens with one attached hydrogen (secondary N) is 1. The monoisotopic (exact) mass is 294 g/mol. The van der Waals surface area contributed by atoms with Gasteiger partial charge in [0.2, 0.25) is 0 Å². The van der Waals surface area contributed by atoms with E-state index in [4.69, 9.17) is 4.98 Å². The lowest BCUT2D eigenvalue weighted by Gasteiger charge is -2.13. The summed E-state index contributed by atoms with van der Waals surface area (Å²) in [4.78, 5) is 12.8. The van der Waals surface area contributed by atoms with Crippen LogP contribution in [0.2, 0.25) is 0 Å². The molecule has 0 atom stereocenters. The summed E-state index contributed by atoms with van der Waals surface area (Å²) in [7, 11) is 4.09. The Morgan fingerprint density at radius 1 is 1.47 bits per heavy atom. The van der Waals surface area contributed by atoms with E-state index in [9.17, 15) is 0 Å². The first-order valence-corrected chi connectivity index (χ1v) is 8.26. The van der Waals surface area contributed by atoms with Crippen molar-refractivity contribution in [3.63, 3.8) is 0 Å². The Labute approximate surface area is 121 Å². The molecule has 1 saturated carbocycles. The molecule has 0 aromatic carbocycles. The van der Waals surface area contributed by atoms with Gasteiger partial charge in [0, 0.05) is 29.8 Å². The second kappa shape index (κ2) is 5.56. The molecule has 0 amide bonds. The zero-order valence-electron chi connectivity index (χ0n) is 11.2. The summed E-state index contributed by atoms with van der Waals surface area (Å²) < 4.78 is 0. The van der Waals surface area contributed by atoms with Crippen molar-refractivity contribution in [3.8, 4) is 0 Å². The fourth-order valence-electron chi connectivity index (χ4n) is 2.10. The van der Waals surface area contributed by atoms with Gasteiger partial charge in [-0.25, -0.2) is 9.97 Å². The Balaban J connectivity index is 1.77. The first-order valence-electron chi connectivity index (χ1n) is 6.50. The Kier molecular flexibility index (Phi) is 3.81. The molecule has 0 bridgehead atoms. The molecule has 3 rings (SSSR count). The molecule has 0 radical (unpaired) electrons. The number of thiazole rings is 2. The summed E-state index contributed by atoms with van der Waals surface area (Å²) in [6.45, 7) is 1.76. The summed E-state index contributed by atoms with van der Waals surface area (Å²) in [5, 5.41) is 6.45. The summed E-state index contributed by atoms with van der Waals surface area (Å²) in [6, 6.07) is 0. The van der Waals surface area contributed by atoms with E-state index in [2.05, 4.69) is 27.6 Å². The molecule has 4 nitrogen and oxygen atoms in total. The van der Waals surface area contributed by atoms with Crippen LogP contribution in [0.15, 0.2) is 10.9 Å². The van der Waals surface area contributed by atoms with Crippen molar-refractivity contribution in [1.82, 2.24) is 15.3 Å². The fraction of sp³-hybridized carbons (Fsp3) is 0.538. The minimum Gasteiger partial charge on any atom is -0.345 e. The van der Waals surface area contributed by atoms with Gasteiger partial charge in [-0.2, -0.15) is 0 Å². The Hall–Kier alpha value is -0.980. The maximum absolute atomic E-state index is 4.85. The van der Waals surface area contributed by atoms with Crippen LogP contribution >= 0.6 is 22.7 Å². The highest BCUT2D eigenvalue weighted by Gasteiger charge is 2.30. The molecule has 2 heterocycles. The van der Waals surface area contributed by atoms with E-state index < -0.39 is 0 Å². The van der Waals surface area contributed by atoms with Crippen molar-refractivity contribution in [2.75, 3.05) is 19.0 Å². The van der Waals surface area contributed by atoms with Crippen LogP contribution in [0.5, 0.6) is 0 Å². The van der Waals surface area contributed by atoms with E-state index in [0.29, 0.717) is 5.92 Å². The third kappa shape index (κ3) is 2.96. The zero-order valence-corrected chi connectivity index (χ0v) is 12.9. The first-order chi connectivity index (χ1) is 9.28. The minimum absolute atomic E-state index is 0.709. The van der Waals surface area contributed by atoms with Crippen molar-refractivity contribution in [3.05, 3.63) is 27.2 Å². The SMILES string of the molecule is CNCc1sc(N(C)Cc2cscn2)nc1C1CC1. The van der Waals surface area contributed by atoms with E-state index in [-0.39, 0.29) is 0 Å². The van der Waals surface area contributed by atoms with Gasteiger partial charge in [-0.05, 0) is 19.9 Å². The summed E-state index contributed by atoms with van der Waals surface area (Å²) in [5.41, 5.74) is 4.32. The van der Waals surface area contributed by atoms with Crippen molar-refractivity contribution < 1.29 is 0 Å². The second-order valence-electron chi connectivity index (χ2n) is 4.95. The minimum atomic E-state index is 0.709. The molecule has 19 heavy (non-hydrogen) atoms. The molecule has 6 heteroatoms. The van der Waals surface area contributed by atoms with Crippen LogP contribution in [-0.4, -0.2) is 24.1 Å². The van der Waals surface area contributed by atoms with Crippen LogP contribution in [0.1, 0.15) is 35.0 Å². The number of rotatable bonds is 6. The molecule has 0 spiro atoms. The maximum atomic E-state index is 4.85. The number of aromatic nitrogens is 2. The fourth-order valence-corrected chi connectivity index (χ4v) is 3.77. The molecule has 0 unspecified atom stereocenters. The van der Waals surface area contributed by atoms with E-state index in [1.54, 1.807) is 11.3 Å². The molecule has 0 saturated heterocycles. The normalized spacial score (nSPS) is 14.8. The van der Waals surface area contributed by atoms with Crippen LogP contribution in [0, 0.1) is 0 Å². The molecular formula is C13H18N4S2. The van der Waals surface area contributed by atoms with Gasteiger partial charge < -0.3 is 10.2 Å². The van der Waals surface area contributed by atoms with Gasteiger partial charge in [-0.1, -0.05) is 0 Å². The molecule has 102 valence electrons. The predicted octanol–water partition coefficient (Wildman–Crippen LogP) is 2.83. The number of hydrogen-bond donors (Lipinski definition) is 1. The number of anilines is 1. The highest BCUT2D eigenvalue weighted by atomic mass is 32.1. The zero-order chi connectivity index (χ0) is 13.2. The summed E-state index contributed by atoms with van der Waals surface area (Å²) in [5.74, 6) is 0.709. The van der Waals surface area contributed by atoms with Gasteiger partial charge in [0.25, 0.3) is 0 Å². The van der Waals surface area contributed by atoms with E-state index in [1.165, 1.54) is 23.4 Å². The quantitative estimate of drug-likeness (QED) is 0.889. The van der Waals surface area contributed by atoms with E-state index in [1.807, 2.05) is 23.9 Å². The Bertz CT molecular complexity index is 531. The third-order valence-corrected chi connectivity index (χ3v) is 5.05. The van der Waals surface area contributed by atoms with Crippen LogP contribution in [0.25, 0.3) is 0 Å². The van der Waals surface area contributed by atoms with Crippen LogP contribution in [-0.2, 0) is 13.1 Å². The lowest BCUT2D eigenvalue weighted by Crippen LogP contribution is -2.16. The molecule has 1 aliphatic rings. The third-order valence-electron chi connectivity index (χ3n) is 3.23. The Morgan fingerprint density at radius 3 is 2.95 bits per heavy atom. The smallest absolute Gasteiger partial charge is 0.185 e. The van der Waals surface area contributed by atoms with Crippen molar-refractivity contribution >= 4 is 27.8 Å². The highest BCUT2D eigenvalue weighted by molar-refractivity contribution is 7.15. The van der Waals surface area contributed by atoms with Gasteiger partial charge in [-0.3, -0.25) is 0 Å². The standard InChI is InChI=1S/C13H18N4S2/c1-14-5-11-12(9-3-4-9)16-13(19-11)17(2)6-10-7-18-8-15-10/h7-9,14H,3-6H2,1-2H3. The first kappa shape index (κ1) is 13.0. The molecule has 1 aliphatic carbocycles. The van der Waals surface area contributed by atoms with Crippen LogP contribution < -0.4 is 10.2 Å². The van der Waals surface area contributed by atoms with Gasteiger partial charge in [0.1, 0.15) is 0 Å². The largest absolute Gasteiger partial charge is 0.345 e. The molecule has 0 aliphatic heterocycles. The molecule has 1 fully saturated rings. The van der Waals surface area contributed by atoms with Crippen molar-refractivity contribution in [2.24, 2.45) is 0 Å². The highest BCUT2D eigenvalue weighted by Crippen LogP contribution is 2.44. The summed E-state index contributed by atoms with van der Waals surface area (Å²) in [6.07, 6.45) is 2.60. The average Bonchev–Trinajstić information content (AvgIpc) is 2.95. The molecule has 1 N–H and O–H groups in total. The topological polar surface area (TPSA) is 41.0 Å². The number of nitrogens with zero attached hydrogens (tertiary/aromatic N) is 3. The van der Waals surface area contributed by atoms with Crippen molar-refractivity contribution in [2.45, 2.75) is 31.8 Å². The van der Waals surface area contributed by atoms with Crippen LogP contribution in [0.4, 0.5) is 5.13 Å². The van der Waals surface area contributed by atoms with E-state index >= 15 is 0 Å². The predicted molar refractivity (Wildman–Crippen MR) is 81.1 cm³/mol. The second-order valence-corrected chi connectivity index (χ2v) is 6.73. The van der Waals surface area contributed by atoms with Gasteiger partial charge in [0.05, 0.1) is 23.4 Å². The average molecular weight is 294 g/mol. The van der Waals surface area contributed by atoms with Crippen LogP contribution in [0.3, 0.4) is 0 Å². The molecule has 2 aromatic rings. The van der Waals surface area contributed by atoms with Crippen molar-refractivity contribution in [1.29, 1.82) is 0 Å². The summed E-state index contributed by atoms with van der Waals surface area (Å²) >= 11 is 3.45. The van der Waals surface area contributed by atoms with E-state index in [0.717, 1.165) is 23.9 Å². The van der Waals surface area contributed by atoms with Gasteiger partial charge in [-0.15, -0.1) is 22.7 Å².